The number of anilines is 1. The second-order valence-corrected chi connectivity index (χ2v) is 7.22. The molecule has 0 radical (unpaired) electrons. The second kappa shape index (κ2) is 6.95. The number of nitrogens with two attached hydrogens (primary N) is 1. The summed E-state index contributed by atoms with van der Waals surface area (Å²) in [6, 6.07) is 6.22. The molecular formula is C13H21ClN2O3S. The molecule has 5 nitrogen and oxygen atoms in total. The van der Waals surface area contributed by atoms with Crippen molar-refractivity contribution in [2.45, 2.75) is 25.1 Å². The van der Waals surface area contributed by atoms with Crippen LogP contribution in [0.15, 0.2) is 24.3 Å². The molecule has 1 aromatic carbocycles. The van der Waals surface area contributed by atoms with Crippen molar-refractivity contribution >= 4 is 33.8 Å². The number of halogens is 1. The van der Waals surface area contributed by atoms with E-state index >= 15 is 0 Å². The first-order chi connectivity index (χ1) is 8.64. The standard InChI is InChI=1S/C13H20N2O3S.ClH/c1-9(10(2)19(4,17)18)15(3)13(16)11-6-5-7-12(14)8-11;/h5-10H,14H2,1-4H3;1H. The molecule has 0 saturated carbocycles. The third-order valence-electron chi connectivity index (χ3n) is 3.42. The van der Waals surface area contributed by atoms with Crippen molar-refractivity contribution in [1.29, 1.82) is 0 Å². The molecule has 114 valence electrons. The van der Waals surface area contributed by atoms with Gasteiger partial charge in [-0.1, -0.05) is 6.07 Å². The van der Waals surface area contributed by atoms with E-state index in [9.17, 15) is 13.2 Å². The molecule has 0 bridgehead atoms. The van der Waals surface area contributed by atoms with Gasteiger partial charge in [0.1, 0.15) is 0 Å². The van der Waals surface area contributed by atoms with Gasteiger partial charge >= 0.3 is 0 Å². The number of rotatable bonds is 4. The summed E-state index contributed by atoms with van der Waals surface area (Å²) in [6.07, 6.45) is 1.17. The van der Waals surface area contributed by atoms with E-state index in [2.05, 4.69) is 0 Å². The molecule has 0 fully saturated rings. The fraction of sp³-hybridized carbons (Fsp3) is 0.462. The lowest BCUT2D eigenvalue weighted by atomic mass is 10.1. The molecule has 0 aliphatic carbocycles. The van der Waals surface area contributed by atoms with Crippen molar-refractivity contribution < 1.29 is 13.2 Å². The molecule has 0 saturated heterocycles. The Bertz CT molecular complexity index is 575. The van der Waals surface area contributed by atoms with Gasteiger partial charge in [-0.2, -0.15) is 0 Å². The van der Waals surface area contributed by atoms with E-state index < -0.39 is 21.1 Å². The Morgan fingerprint density at radius 2 is 1.85 bits per heavy atom. The average molecular weight is 321 g/mol. The maximum absolute atomic E-state index is 12.2. The molecule has 2 atom stereocenters. The first-order valence-corrected chi connectivity index (χ1v) is 7.91. The highest BCUT2D eigenvalue weighted by atomic mass is 35.5. The Kier molecular flexibility index (Phi) is 6.50. The molecule has 0 aromatic heterocycles. The predicted molar refractivity (Wildman–Crippen MR) is 84.0 cm³/mol. The fourth-order valence-electron chi connectivity index (χ4n) is 1.73. The molecule has 20 heavy (non-hydrogen) atoms. The van der Waals surface area contributed by atoms with Crippen molar-refractivity contribution in [3.8, 4) is 0 Å². The number of nitrogens with zero attached hydrogens (tertiary/aromatic N) is 1. The minimum atomic E-state index is -3.19. The molecule has 0 aliphatic rings. The number of hydrogen-bond donors (Lipinski definition) is 1. The van der Waals surface area contributed by atoms with Gasteiger partial charge in [-0.3, -0.25) is 4.79 Å². The van der Waals surface area contributed by atoms with Crippen molar-refractivity contribution in [3.05, 3.63) is 29.8 Å². The molecule has 0 aliphatic heterocycles. The van der Waals surface area contributed by atoms with E-state index in [0.717, 1.165) is 0 Å². The van der Waals surface area contributed by atoms with Crippen LogP contribution in [-0.4, -0.2) is 43.8 Å². The molecular weight excluding hydrogens is 300 g/mol. The second-order valence-electron chi connectivity index (χ2n) is 4.82. The lowest BCUT2D eigenvalue weighted by molar-refractivity contribution is 0.0743. The van der Waals surface area contributed by atoms with E-state index in [0.29, 0.717) is 11.3 Å². The Morgan fingerprint density at radius 3 is 2.30 bits per heavy atom. The van der Waals surface area contributed by atoms with Crippen molar-refractivity contribution in [1.82, 2.24) is 4.90 Å². The Balaban J connectivity index is 0.00000361. The average Bonchev–Trinajstić information content (AvgIpc) is 2.34. The zero-order chi connectivity index (χ0) is 14.8. The number of benzene rings is 1. The molecule has 2 N–H and O–H groups in total. The third-order valence-corrected chi connectivity index (χ3v) is 5.16. The molecule has 1 rings (SSSR count). The summed E-state index contributed by atoms with van der Waals surface area (Å²) in [6.45, 7) is 3.32. The van der Waals surface area contributed by atoms with Gasteiger partial charge in [0.15, 0.2) is 9.84 Å². The van der Waals surface area contributed by atoms with Gasteiger partial charge in [-0.25, -0.2) is 8.42 Å². The normalized spacial score (nSPS) is 14.0. The Labute approximate surface area is 126 Å². The zero-order valence-electron chi connectivity index (χ0n) is 12.0. The molecule has 1 aromatic rings. The quantitative estimate of drug-likeness (QED) is 0.854. The molecule has 0 heterocycles. The first-order valence-electron chi connectivity index (χ1n) is 5.96. The number of amides is 1. The number of hydrogen-bond acceptors (Lipinski definition) is 4. The van der Waals surface area contributed by atoms with Crippen LogP contribution < -0.4 is 5.73 Å². The summed E-state index contributed by atoms with van der Waals surface area (Å²) in [7, 11) is -1.59. The summed E-state index contributed by atoms with van der Waals surface area (Å²) < 4.78 is 23.1. The highest BCUT2D eigenvalue weighted by molar-refractivity contribution is 7.91. The van der Waals surface area contributed by atoms with Crippen molar-refractivity contribution in [3.63, 3.8) is 0 Å². The van der Waals surface area contributed by atoms with E-state index in [4.69, 9.17) is 5.73 Å². The van der Waals surface area contributed by atoms with Crippen LogP contribution in [0.3, 0.4) is 0 Å². The van der Waals surface area contributed by atoms with Crippen LogP contribution in [0.2, 0.25) is 0 Å². The SMILES string of the molecule is CC(C(C)S(C)(=O)=O)N(C)C(=O)c1cccc(N)c1.Cl. The highest BCUT2D eigenvalue weighted by Gasteiger charge is 2.28. The van der Waals surface area contributed by atoms with Crippen molar-refractivity contribution in [2.24, 2.45) is 0 Å². The van der Waals surface area contributed by atoms with Gasteiger partial charge in [-0.15, -0.1) is 12.4 Å². The van der Waals surface area contributed by atoms with Gasteiger partial charge < -0.3 is 10.6 Å². The largest absolute Gasteiger partial charge is 0.399 e. The minimum Gasteiger partial charge on any atom is -0.399 e. The molecule has 1 amide bonds. The van der Waals surface area contributed by atoms with Gasteiger partial charge in [0.2, 0.25) is 0 Å². The summed E-state index contributed by atoms with van der Waals surface area (Å²) >= 11 is 0. The number of sulfone groups is 1. The monoisotopic (exact) mass is 320 g/mol. The smallest absolute Gasteiger partial charge is 0.253 e. The maximum Gasteiger partial charge on any atom is 0.253 e. The highest BCUT2D eigenvalue weighted by Crippen LogP contribution is 2.15. The van der Waals surface area contributed by atoms with Crippen LogP contribution in [0.4, 0.5) is 5.69 Å². The summed E-state index contributed by atoms with van der Waals surface area (Å²) in [5.41, 5.74) is 6.59. The minimum absolute atomic E-state index is 0. The van der Waals surface area contributed by atoms with Gasteiger partial charge in [0.25, 0.3) is 5.91 Å². The maximum atomic E-state index is 12.2. The third kappa shape index (κ3) is 4.38. The first kappa shape index (κ1) is 18.7. The fourth-order valence-corrected chi connectivity index (χ4v) is 2.63. The van der Waals surface area contributed by atoms with Gasteiger partial charge in [0.05, 0.1) is 5.25 Å². The summed E-state index contributed by atoms with van der Waals surface area (Å²) in [4.78, 5) is 13.7. The summed E-state index contributed by atoms with van der Waals surface area (Å²) in [5, 5.41) is -0.623. The number of nitrogen functional groups attached to an aromatic ring is 1. The van der Waals surface area contributed by atoms with E-state index in [-0.39, 0.29) is 18.3 Å². The molecule has 7 heteroatoms. The molecule has 0 spiro atoms. The summed E-state index contributed by atoms with van der Waals surface area (Å²) in [5.74, 6) is -0.240. The van der Waals surface area contributed by atoms with E-state index in [1.54, 1.807) is 45.2 Å². The van der Waals surface area contributed by atoms with E-state index in [1.165, 1.54) is 11.2 Å². The Hall–Kier alpha value is -1.27. The van der Waals surface area contributed by atoms with E-state index in [1.807, 2.05) is 0 Å². The topological polar surface area (TPSA) is 80.5 Å². The van der Waals surface area contributed by atoms with Crippen LogP contribution in [0, 0.1) is 0 Å². The Morgan fingerprint density at radius 1 is 1.30 bits per heavy atom. The number of carbonyl (C=O) groups excluding carboxylic acids is 1. The van der Waals surface area contributed by atoms with Crippen LogP contribution in [-0.2, 0) is 9.84 Å². The van der Waals surface area contributed by atoms with Crippen LogP contribution in [0.25, 0.3) is 0 Å². The van der Waals surface area contributed by atoms with Crippen LogP contribution >= 0.6 is 12.4 Å². The lowest BCUT2D eigenvalue weighted by Crippen LogP contribution is -2.44. The van der Waals surface area contributed by atoms with Gasteiger partial charge in [-0.05, 0) is 32.0 Å². The van der Waals surface area contributed by atoms with Crippen LogP contribution in [0.5, 0.6) is 0 Å². The number of carbonyl (C=O) groups is 1. The van der Waals surface area contributed by atoms with Gasteiger partial charge in [0, 0.05) is 30.6 Å². The zero-order valence-corrected chi connectivity index (χ0v) is 13.7. The molecule has 2 unspecified atom stereocenters. The predicted octanol–water partition coefficient (Wildman–Crippen LogP) is 1.58. The lowest BCUT2D eigenvalue weighted by Gasteiger charge is -2.29. The van der Waals surface area contributed by atoms with Crippen molar-refractivity contribution in [2.75, 3.05) is 19.0 Å². The van der Waals surface area contributed by atoms with Crippen LogP contribution in [0.1, 0.15) is 24.2 Å².